The van der Waals surface area contributed by atoms with Gasteiger partial charge < -0.3 is 15.5 Å². The van der Waals surface area contributed by atoms with Gasteiger partial charge in [-0.25, -0.2) is 9.07 Å². The van der Waals surface area contributed by atoms with Crippen molar-refractivity contribution in [3.63, 3.8) is 0 Å². The van der Waals surface area contributed by atoms with E-state index in [1.54, 1.807) is 19.1 Å². The van der Waals surface area contributed by atoms with Gasteiger partial charge in [-0.15, -0.1) is 0 Å². The quantitative estimate of drug-likeness (QED) is 0.651. The van der Waals surface area contributed by atoms with E-state index in [0.717, 1.165) is 0 Å². The lowest BCUT2D eigenvalue weighted by atomic mass is 10.1. The number of hydrogen-bond donors (Lipinski definition) is 2. The first-order valence-electron chi connectivity index (χ1n) is 8.37. The van der Waals surface area contributed by atoms with E-state index in [1.807, 2.05) is 0 Å². The van der Waals surface area contributed by atoms with Crippen LogP contribution in [0.4, 0.5) is 10.2 Å². The Morgan fingerprint density at radius 2 is 2.07 bits per heavy atom. The molecule has 0 saturated heterocycles. The van der Waals surface area contributed by atoms with Crippen molar-refractivity contribution in [2.24, 2.45) is 0 Å². The van der Waals surface area contributed by atoms with E-state index in [2.05, 4.69) is 16.5 Å². The maximum Gasteiger partial charge on any atom is 0.286 e. The summed E-state index contributed by atoms with van der Waals surface area (Å²) in [6.45, 7) is 2.16. The fourth-order valence-electron chi connectivity index (χ4n) is 2.66. The van der Waals surface area contributed by atoms with Crippen molar-refractivity contribution in [1.82, 2.24) is 15.1 Å². The minimum Gasteiger partial charge on any atom is -0.456 e. The number of aryl methyl sites for hydroxylation is 2. The average Bonchev–Trinajstić information content (AvgIpc) is 3.22. The molecule has 0 fully saturated rings. The predicted molar refractivity (Wildman–Crippen MR) is 96.7 cm³/mol. The van der Waals surface area contributed by atoms with Crippen molar-refractivity contribution >= 4 is 11.7 Å². The molecule has 1 amide bonds. The maximum atomic E-state index is 13.1. The van der Waals surface area contributed by atoms with E-state index < -0.39 is 0 Å². The number of nitrogens with one attached hydrogen (secondary N) is 1. The zero-order valence-electron chi connectivity index (χ0n) is 14.7. The number of amides is 1. The molecule has 2 heterocycles. The first-order chi connectivity index (χ1) is 13.0. The van der Waals surface area contributed by atoms with E-state index in [1.165, 1.54) is 28.9 Å². The molecular weight excluding hydrogens is 349 g/mol. The van der Waals surface area contributed by atoms with Crippen LogP contribution in [0.15, 0.2) is 40.8 Å². The summed E-state index contributed by atoms with van der Waals surface area (Å²) < 4.78 is 19.8. The molecule has 0 unspecified atom stereocenters. The highest BCUT2D eigenvalue weighted by molar-refractivity contribution is 5.91. The number of hydrogen-bond acceptors (Lipinski definition) is 5. The van der Waals surface area contributed by atoms with Crippen LogP contribution in [-0.2, 0) is 6.42 Å². The van der Waals surface area contributed by atoms with E-state index in [9.17, 15) is 14.4 Å². The Bertz CT molecular complexity index is 998. The number of benzene rings is 1. The van der Waals surface area contributed by atoms with Crippen LogP contribution < -0.4 is 11.1 Å². The average molecular weight is 367 g/mol. The van der Waals surface area contributed by atoms with Gasteiger partial charge in [-0.1, -0.05) is 0 Å². The molecule has 0 saturated carbocycles. The molecule has 1 aromatic carbocycles. The van der Waals surface area contributed by atoms with Gasteiger partial charge in [0.05, 0.1) is 11.4 Å². The molecule has 3 rings (SSSR count). The SMILES string of the molecule is Cc1ccc(C(=O)NCCCc2nn(-c3ccc(F)cc3)c(N)c2C#N)o1. The standard InChI is InChI=1S/C19H18FN5O2/c1-12-4-9-17(27-12)19(26)23-10-2-3-16-15(11-21)18(22)25(24-16)14-7-5-13(20)6-8-14/h4-9H,2-3,10,22H2,1H3,(H,23,26). The molecule has 0 bridgehead atoms. The number of carbonyl (C=O) groups is 1. The Kier molecular flexibility index (Phi) is 5.22. The highest BCUT2D eigenvalue weighted by Gasteiger charge is 2.16. The molecule has 8 heteroatoms. The maximum absolute atomic E-state index is 13.1. The van der Waals surface area contributed by atoms with Gasteiger partial charge in [0.1, 0.15) is 29.0 Å². The highest BCUT2D eigenvalue weighted by Crippen LogP contribution is 2.21. The molecule has 3 N–H and O–H groups in total. The number of carbonyl (C=O) groups excluding carboxylic acids is 1. The molecule has 138 valence electrons. The number of furan rings is 1. The number of aromatic nitrogens is 2. The summed E-state index contributed by atoms with van der Waals surface area (Å²) in [6, 6.07) is 11.1. The number of nitrogens with zero attached hydrogens (tertiary/aromatic N) is 3. The summed E-state index contributed by atoms with van der Waals surface area (Å²) in [5.41, 5.74) is 7.40. The van der Waals surface area contributed by atoms with Gasteiger partial charge in [0.15, 0.2) is 5.76 Å². The lowest BCUT2D eigenvalue weighted by Crippen LogP contribution is -2.24. The number of nitrogens with two attached hydrogens (primary N) is 1. The number of anilines is 1. The van der Waals surface area contributed by atoms with Gasteiger partial charge in [0.25, 0.3) is 5.91 Å². The second-order valence-electron chi connectivity index (χ2n) is 5.98. The first kappa shape index (κ1) is 18.2. The van der Waals surface area contributed by atoms with E-state index >= 15 is 0 Å². The molecule has 2 aromatic heterocycles. The van der Waals surface area contributed by atoms with Crippen molar-refractivity contribution in [3.8, 4) is 11.8 Å². The van der Waals surface area contributed by atoms with Crippen LogP contribution in [0.25, 0.3) is 5.69 Å². The summed E-state index contributed by atoms with van der Waals surface area (Å²) in [6.07, 6.45) is 1.03. The minimum absolute atomic E-state index is 0.203. The van der Waals surface area contributed by atoms with Crippen LogP contribution in [0.2, 0.25) is 0 Å². The monoisotopic (exact) mass is 367 g/mol. The molecular formula is C19H18FN5O2. The summed E-state index contributed by atoms with van der Waals surface area (Å²) in [7, 11) is 0. The molecule has 27 heavy (non-hydrogen) atoms. The molecule has 0 spiro atoms. The smallest absolute Gasteiger partial charge is 0.286 e. The zero-order valence-corrected chi connectivity index (χ0v) is 14.7. The van der Waals surface area contributed by atoms with Crippen molar-refractivity contribution in [2.75, 3.05) is 12.3 Å². The normalized spacial score (nSPS) is 10.6. The Labute approximate surface area is 155 Å². The van der Waals surface area contributed by atoms with Crippen LogP contribution in [0.5, 0.6) is 0 Å². The van der Waals surface area contributed by atoms with Gasteiger partial charge in [0, 0.05) is 6.54 Å². The minimum atomic E-state index is -0.368. The molecule has 0 aliphatic heterocycles. The summed E-state index contributed by atoms with van der Waals surface area (Å²) in [4.78, 5) is 11.9. The van der Waals surface area contributed by atoms with Crippen LogP contribution in [0, 0.1) is 24.1 Å². The van der Waals surface area contributed by atoms with E-state index in [0.29, 0.717) is 36.5 Å². The summed E-state index contributed by atoms with van der Waals surface area (Å²) >= 11 is 0. The van der Waals surface area contributed by atoms with Gasteiger partial charge >= 0.3 is 0 Å². The van der Waals surface area contributed by atoms with Gasteiger partial charge in [-0.05, 0) is 56.2 Å². The molecule has 0 aliphatic rings. The zero-order chi connectivity index (χ0) is 19.4. The molecule has 3 aromatic rings. The van der Waals surface area contributed by atoms with Crippen molar-refractivity contribution in [2.45, 2.75) is 19.8 Å². The lowest BCUT2D eigenvalue weighted by molar-refractivity contribution is 0.0924. The Morgan fingerprint density at radius 1 is 1.33 bits per heavy atom. The summed E-state index contributed by atoms with van der Waals surface area (Å²) in [5, 5.41) is 16.5. The van der Waals surface area contributed by atoms with Crippen LogP contribution in [-0.4, -0.2) is 22.2 Å². The largest absolute Gasteiger partial charge is 0.456 e. The number of rotatable bonds is 6. The van der Waals surface area contributed by atoms with Crippen LogP contribution in [0.1, 0.15) is 34.0 Å². The number of nitriles is 1. The topological polar surface area (TPSA) is 110 Å². The first-order valence-corrected chi connectivity index (χ1v) is 8.37. The molecule has 0 radical (unpaired) electrons. The lowest BCUT2D eigenvalue weighted by Gasteiger charge is -2.03. The fraction of sp³-hybridized carbons (Fsp3) is 0.211. The van der Waals surface area contributed by atoms with Crippen molar-refractivity contribution in [1.29, 1.82) is 5.26 Å². The predicted octanol–water partition coefficient (Wildman–Crippen LogP) is 2.73. The van der Waals surface area contributed by atoms with Gasteiger partial charge in [0.2, 0.25) is 0 Å². The fourth-order valence-corrected chi connectivity index (χ4v) is 2.66. The van der Waals surface area contributed by atoms with E-state index in [-0.39, 0.29) is 28.9 Å². The van der Waals surface area contributed by atoms with Gasteiger partial charge in [-0.3, -0.25) is 4.79 Å². The van der Waals surface area contributed by atoms with Crippen LogP contribution in [0.3, 0.4) is 0 Å². The second-order valence-corrected chi connectivity index (χ2v) is 5.98. The van der Waals surface area contributed by atoms with Gasteiger partial charge in [-0.2, -0.15) is 10.4 Å². The Balaban J connectivity index is 1.65. The third kappa shape index (κ3) is 3.98. The molecule has 7 nitrogen and oxygen atoms in total. The number of nitrogen functional groups attached to an aromatic ring is 1. The Hall–Kier alpha value is -3.60. The molecule has 0 aliphatic carbocycles. The third-order valence-corrected chi connectivity index (χ3v) is 4.02. The van der Waals surface area contributed by atoms with Crippen molar-refractivity contribution < 1.29 is 13.6 Å². The summed E-state index contributed by atoms with van der Waals surface area (Å²) in [5.74, 6) is 0.470. The number of halogens is 1. The van der Waals surface area contributed by atoms with Crippen LogP contribution >= 0.6 is 0 Å². The second kappa shape index (κ2) is 7.74. The highest BCUT2D eigenvalue weighted by atomic mass is 19.1. The van der Waals surface area contributed by atoms with Crippen molar-refractivity contribution in [3.05, 3.63) is 65.0 Å². The molecule has 0 atom stereocenters. The Morgan fingerprint density at radius 3 is 2.70 bits per heavy atom. The van der Waals surface area contributed by atoms with E-state index in [4.69, 9.17) is 10.2 Å². The third-order valence-electron chi connectivity index (χ3n) is 4.02.